The first kappa shape index (κ1) is 16.1. The Kier molecular flexibility index (Phi) is 5.04. The Morgan fingerprint density at radius 1 is 1.09 bits per heavy atom. The predicted molar refractivity (Wildman–Crippen MR) is 101 cm³/mol. The highest BCUT2D eigenvalue weighted by atomic mass is 35.5. The SMILES string of the molecule is CCN1CCN=C(C=Cc2ccc(Cl)c(Cl)c2)c2ccccc21. The quantitative estimate of drug-likeness (QED) is 0.734. The monoisotopic (exact) mass is 344 g/mol. The summed E-state index contributed by atoms with van der Waals surface area (Å²) >= 11 is 12.0. The fourth-order valence-corrected chi connectivity index (χ4v) is 3.03. The third-order valence-corrected chi connectivity index (χ3v) is 4.67. The topological polar surface area (TPSA) is 15.6 Å². The fourth-order valence-electron chi connectivity index (χ4n) is 2.72. The number of anilines is 1. The molecule has 0 saturated heterocycles. The number of nitrogens with zero attached hydrogens (tertiary/aromatic N) is 2. The summed E-state index contributed by atoms with van der Waals surface area (Å²) in [5.41, 5.74) is 4.42. The lowest BCUT2D eigenvalue weighted by molar-refractivity contribution is 0.825. The molecular formula is C19H18Cl2N2. The second kappa shape index (κ2) is 7.20. The van der Waals surface area contributed by atoms with E-state index in [2.05, 4.69) is 42.2 Å². The third-order valence-electron chi connectivity index (χ3n) is 3.93. The Morgan fingerprint density at radius 3 is 2.70 bits per heavy atom. The molecule has 0 saturated carbocycles. The lowest BCUT2D eigenvalue weighted by Gasteiger charge is -2.22. The molecule has 0 atom stereocenters. The first-order valence-corrected chi connectivity index (χ1v) is 8.46. The Balaban J connectivity index is 1.94. The van der Waals surface area contributed by atoms with Crippen LogP contribution in [0.1, 0.15) is 18.1 Å². The molecule has 2 aromatic carbocycles. The maximum Gasteiger partial charge on any atom is 0.0668 e. The number of benzodiazepines with no additional fused rings is 1. The van der Waals surface area contributed by atoms with Crippen LogP contribution < -0.4 is 4.90 Å². The highest BCUT2D eigenvalue weighted by Gasteiger charge is 2.15. The minimum Gasteiger partial charge on any atom is -0.369 e. The average Bonchev–Trinajstić information content (AvgIpc) is 2.75. The van der Waals surface area contributed by atoms with Crippen molar-refractivity contribution in [3.05, 3.63) is 69.7 Å². The number of hydrogen-bond donors (Lipinski definition) is 0. The molecule has 1 aliphatic heterocycles. The zero-order valence-corrected chi connectivity index (χ0v) is 14.5. The van der Waals surface area contributed by atoms with E-state index in [-0.39, 0.29) is 0 Å². The number of hydrogen-bond acceptors (Lipinski definition) is 2. The lowest BCUT2D eigenvalue weighted by Crippen LogP contribution is -2.25. The van der Waals surface area contributed by atoms with E-state index in [1.807, 2.05) is 24.3 Å². The fraction of sp³-hybridized carbons (Fsp3) is 0.211. The van der Waals surface area contributed by atoms with Gasteiger partial charge in [-0.25, -0.2) is 0 Å². The van der Waals surface area contributed by atoms with Crippen LogP contribution in [0.2, 0.25) is 10.0 Å². The molecule has 0 radical (unpaired) electrons. The van der Waals surface area contributed by atoms with Gasteiger partial charge in [0.25, 0.3) is 0 Å². The van der Waals surface area contributed by atoms with E-state index in [1.165, 1.54) is 11.3 Å². The Morgan fingerprint density at radius 2 is 1.91 bits per heavy atom. The van der Waals surface area contributed by atoms with Gasteiger partial charge in [0.1, 0.15) is 0 Å². The number of rotatable bonds is 3. The molecule has 0 amide bonds. The van der Waals surface area contributed by atoms with Gasteiger partial charge in [0.2, 0.25) is 0 Å². The maximum atomic E-state index is 6.08. The van der Waals surface area contributed by atoms with Gasteiger partial charge < -0.3 is 4.90 Å². The predicted octanol–water partition coefficient (Wildman–Crippen LogP) is 5.34. The lowest BCUT2D eigenvalue weighted by atomic mass is 10.1. The first-order valence-electron chi connectivity index (χ1n) is 7.71. The molecule has 4 heteroatoms. The van der Waals surface area contributed by atoms with Crippen LogP contribution >= 0.6 is 23.2 Å². The number of para-hydroxylation sites is 1. The summed E-state index contributed by atoms with van der Waals surface area (Å²) in [5, 5.41) is 1.13. The van der Waals surface area contributed by atoms with Gasteiger partial charge in [0, 0.05) is 24.3 Å². The number of benzene rings is 2. The number of halogens is 2. The van der Waals surface area contributed by atoms with E-state index in [0.29, 0.717) is 10.0 Å². The number of allylic oxidation sites excluding steroid dienone is 1. The van der Waals surface area contributed by atoms with Gasteiger partial charge in [-0.15, -0.1) is 0 Å². The van der Waals surface area contributed by atoms with Crippen molar-refractivity contribution >= 4 is 40.7 Å². The van der Waals surface area contributed by atoms with Crippen molar-refractivity contribution in [3.8, 4) is 0 Å². The molecule has 0 aromatic heterocycles. The minimum atomic E-state index is 0.564. The van der Waals surface area contributed by atoms with Crippen molar-refractivity contribution < 1.29 is 0 Å². The van der Waals surface area contributed by atoms with Crippen LogP contribution in [0.5, 0.6) is 0 Å². The van der Waals surface area contributed by atoms with Crippen LogP contribution in [0.25, 0.3) is 6.08 Å². The van der Waals surface area contributed by atoms with Crippen molar-refractivity contribution in [3.63, 3.8) is 0 Å². The smallest absolute Gasteiger partial charge is 0.0668 e. The van der Waals surface area contributed by atoms with Crippen molar-refractivity contribution in [2.45, 2.75) is 6.92 Å². The van der Waals surface area contributed by atoms with E-state index in [0.717, 1.165) is 30.9 Å². The van der Waals surface area contributed by atoms with E-state index < -0.39 is 0 Å². The standard InChI is InChI=1S/C19H18Cl2N2/c1-2-23-12-11-22-18(15-5-3-4-6-19(15)23)10-8-14-7-9-16(20)17(21)13-14/h3-10,13H,2,11-12H2,1H3. The summed E-state index contributed by atoms with van der Waals surface area (Å²) < 4.78 is 0. The van der Waals surface area contributed by atoms with Crippen molar-refractivity contribution in [2.75, 3.05) is 24.5 Å². The van der Waals surface area contributed by atoms with Gasteiger partial charge in [-0.1, -0.05) is 53.5 Å². The third kappa shape index (κ3) is 3.60. The molecule has 0 aliphatic carbocycles. The number of fused-ring (bicyclic) bond motifs is 1. The van der Waals surface area contributed by atoms with Gasteiger partial charge in [0.05, 0.1) is 22.3 Å². The molecule has 2 nitrogen and oxygen atoms in total. The van der Waals surface area contributed by atoms with Crippen LogP contribution in [0, 0.1) is 0 Å². The van der Waals surface area contributed by atoms with Crippen LogP contribution in [-0.4, -0.2) is 25.3 Å². The first-order chi connectivity index (χ1) is 11.2. The molecule has 0 fully saturated rings. The average molecular weight is 345 g/mol. The Hall–Kier alpha value is -1.77. The summed E-state index contributed by atoms with van der Waals surface area (Å²) in [6.07, 6.45) is 4.08. The van der Waals surface area contributed by atoms with E-state index in [1.54, 1.807) is 0 Å². The van der Waals surface area contributed by atoms with Gasteiger partial charge in [0.15, 0.2) is 0 Å². The molecular weight excluding hydrogens is 327 g/mol. The zero-order chi connectivity index (χ0) is 16.2. The van der Waals surface area contributed by atoms with Crippen molar-refractivity contribution in [1.29, 1.82) is 0 Å². The van der Waals surface area contributed by atoms with Crippen LogP contribution in [0.15, 0.2) is 53.5 Å². The second-order valence-corrected chi connectivity index (χ2v) is 6.19. The number of aliphatic imine (C=N–C) groups is 1. The molecule has 0 bridgehead atoms. The van der Waals surface area contributed by atoms with Gasteiger partial charge in [-0.05, 0) is 36.8 Å². The van der Waals surface area contributed by atoms with Gasteiger partial charge in [-0.2, -0.15) is 0 Å². The molecule has 2 aromatic rings. The summed E-state index contributed by atoms with van der Waals surface area (Å²) in [4.78, 5) is 7.11. The largest absolute Gasteiger partial charge is 0.369 e. The van der Waals surface area contributed by atoms with Crippen LogP contribution in [0.4, 0.5) is 5.69 Å². The van der Waals surface area contributed by atoms with E-state index in [4.69, 9.17) is 28.2 Å². The van der Waals surface area contributed by atoms with Crippen LogP contribution in [-0.2, 0) is 0 Å². The molecule has 0 spiro atoms. The number of likely N-dealkylation sites (N-methyl/N-ethyl adjacent to an activating group) is 1. The molecule has 3 rings (SSSR count). The summed E-state index contributed by atoms with van der Waals surface area (Å²) in [6.45, 7) is 4.89. The van der Waals surface area contributed by atoms with E-state index >= 15 is 0 Å². The molecule has 23 heavy (non-hydrogen) atoms. The van der Waals surface area contributed by atoms with Crippen molar-refractivity contribution in [1.82, 2.24) is 0 Å². The Bertz CT molecular complexity index is 766. The second-order valence-electron chi connectivity index (χ2n) is 5.37. The van der Waals surface area contributed by atoms with Gasteiger partial charge in [-0.3, -0.25) is 4.99 Å². The summed E-state index contributed by atoms with van der Waals surface area (Å²) in [6, 6.07) is 14.0. The normalized spacial score (nSPS) is 14.6. The Labute approximate surface area is 147 Å². The molecule has 118 valence electrons. The molecule has 1 heterocycles. The highest BCUT2D eigenvalue weighted by Crippen LogP contribution is 2.25. The van der Waals surface area contributed by atoms with Gasteiger partial charge >= 0.3 is 0 Å². The molecule has 0 N–H and O–H groups in total. The van der Waals surface area contributed by atoms with Crippen LogP contribution in [0.3, 0.4) is 0 Å². The van der Waals surface area contributed by atoms with Crippen molar-refractivity contribution in [2.24, 2.45) is 4.99 Å². The van der Waals surface area contributed by atoms with E-state index in [9.17, 15) is 0 Å². The minimum absolute atomic E-state index is 0.564. The summed E-state index contributed by atoms with van der Waals surface area (Å²) in [7, 11) is 0. The molecule has 1 aliphatic rings. The summed E-state index contributed by atoms with van der Waals surface area (Å²) in [5.74, 6) is 0. The highest BCUT2D eigenvalue weighted by molar-refractivity contribution is 6.42. The maximum absolute atomic E-state index is 6.08. The molecule has 0 unspecified atom stereocenters. The zero-order valence-electron chi connectivity index (χ0n) is 13.0.